The Kier molecular flexibility index (Phi) is 3.60. The van der Waals surface area contributed by atoms with Crippen molar-refractivity contribution in [2.24, 2.45) is 11.1 Å². The summed E-state index contributed by atoms with van der Waals surface area (Å²) in [5.41, 5.74) is 6.80. The molecule has 1 saturated carbocycles. The molecule has 2 aliphatic rings. The fraction of sp³-hybridized carbons (Fsp3) is 1.00. The zero-order valence-electron chi connectivity index (χ0n) is 11.2. The highest BCUT2D eigenvalue weighted by atomic mass is 15.2. The first-order valence-corrected chi connectivity index (χ1v) is 7.04. The fourth-order valence-corrected chi connectivity index (χ4v) is 3.55. The second-order valence-electron chi connectivity index (χ2n) is 6.56. The molecule has 16 heavy (non-hydrogen) atoms. The Hall–Kier alpha value is -0.0800. The highest BCUT2D eigenvalue weighted by molar-refractivity contribution is 5.00. The number of nitrogens with two attached hydrogens (primary N) is 1. The Morgan fingerprint density at radius 1 is 1.12 bits per heavy atom. The molecule has 94 valence electrons. The zero-order valence-corrected chi connectivity index (χ0v) is 11.2. The molecule has 3 atom stereocenters. The molecule has 2 rings (SSSR count). The van der Waals surface area contributed by atoms with E-state index >= 15 is 0 Å². The van der Waals surface area contributed by atoms with Gasteiger partial charge in [0.1, 0.15) is 0 Å². The predicted molar refractivity (Wildman–Crippen MR) is 69.4 cm³/mol. The molecule has 0 amide bonds. The first kappa shape index (κ1) is 12.4. The van der Waals surface area contributed by atoms with Crippen molar-refractivity contribution >= 4 is 0 Å². The summed E-state index contributed by atoms with van der Waals surface area (Å²) in [6.45, 7) is 8.33. The topological polar surface area (TPSA) is 29.3 Å². The number of hydrogen-bond donors (Lipinski definition) is 1. The second-order valence-corrected chi connectivity index (χ2v) is 6.56. The molecule has 0 bridgehead atoms. The van der Waals surface area contributed by atoms with Crippen LogP contribution in [0.1, 0.15) is 59.3 Å². The SMILES string of the molecule is CC1CCCCCN1C1CCC(C)(C)C1N. The second kappa shape index (κ2) is 4.66. The predicted octanol–water partition coefficient (Wildman–Crippen LogP) is 2.77. The molecule has 1 aliphatic carbocycles. The van der Waals surface area contributed by atoms with Crippen LogP contribution in [0.5, 0.6) is 0 Å². The van der Waals surface area contributed by atoms with Gasteiger partial charge in [-0.15, -0.1) is 0 Å². The fourth-order valence-electron chi connectivity index (χ4n) is 3.55. The van der Waals surface area contributed by atoms with Crippen LogP contribution in [0.25, 0.3) is 0 Å². The number of likely N-dealkylation sites (tertiary alicyclic amines) is 1. The third kappa shape index (κ3) is 2.28. The number of hydrogen-bond acceptors (Lipinski definition) is 2. The highest BCUT2D eigenvalue weighted by Crippen LogP contribution is 2.40. The van der Waals surface area contributed by atoms with Crippen molar-refractivity contribution in [1.29, 1.82) is 0 Å². The van der Waals surface area contributed by atoms with E-state index in [-0.39, 0.29) is 0 Å². The van der Waals surface area contributed by atoms with Crippen molar-refractivity contribution in [1.82, 2.24) is 4.90 Å². The molecule has 3 unspecified atom stereocenters. The minimum atomic E-state index is 0.344. The van der Waals surface area contributed by atoms with Gasteiger partial charge in [-0.1, -0.05) is 26.7 Å². The van der Waals surface area contributed by atoms with E-state index in [1.807, 2.05) is 0 Å². The van der Waals surface area contributed by atoms with Crippen LogP contribution in [0.2, 0.25) is 0 Å². The standard InChI is InChI=1S/C14H28N2/c1-11-7-5-4-6-10-16(11)12-8-9-14(2,3)13(12)15/h11-13H,4-10,15H2,1-3H3. The minimum absolute atomic E-state index is 0.344. The van der Waals surface area contributed by atoms with Crippen LogP contribution in [-0.4, -0.2) is 29.6 Å². The van der Waals surface area contributed by atoms with Crippen LogP contribution >= 0.6 is 0 Å². The van der Waals surface area contributed by atoms with Gasteiger partial charge >= 0.3 is 0 Å². The van der Waals surface area contributed by atoms with Gasteiger partial charge in [0.15, 0.2) is 0 Å². The summed E-state index contributed by atoms with van der Waals surface area (Å²) in [6.07, 6.45) is 8.15. The molecule has 0 aromatic carbocycles. The Bertz CT molecular complexity index is 235. The van der Waals surface area contributed by atoms with E-state index in [0.29, 0.717) is 17.5 Å². The molecule has 1 heterocycles. The van der Waals surface area contributed by atoms with Gasteiger partial charge < -0.3 is 5.73 Å². The van der Waals surface area contributed by atoms with Gasteiger partial charge in [0.25, 0.3) is 0 Å². The van der Waals surface area contributed by atoms with Gasteiger partial charge in [-0.05, 0) is 44.6 Å². The van der Waals surface area contributed by atoms with E-state index in [1.165, 1.54) is 45.1 Å². The smallest absolute Gasteiger partial charge is 0.0255 e. The molecule has 1 saturated heterocycles. The van der Waals surface area contributed by atoms with Gasteiger partial charge in [-0.2, -0.15) is 0 Å². The Morgan fingerprint density at radius 2 is 1.88 bits per heavy atom. The Balaban J connectivity index is 2.06. The van der Waals surface area contributed by atoms with Crippen molar-refractivity contribution in [2.75, 3.05) is 6.54 Å². The zero-order chi connectivity index (χ0) is 11.8. The molecular weight excluding hydrogens is 196 g/mol. The van der Waals surface area contributed by atoms with Crippen molar-refractivity contribution in [3.63, 3.8) is 0 Å². The summed E-state index contributed by atoms with van der Waals surface area (Å²) in [4.78, 5) is 2.71. The van der Waals surface area contributed by atoms with Gasteiger partial charge in [-0.3, -0.25) is 4.90 Å². The van der Waals surface area contributed by atoms with Gasteiger partial charge in [0, 0.05) is 18.1 Å². The normalized spacial score (nSPS) is 40.9. The van der Waals surface area contributed by atoms with Crippen LogP contribution in [0.4, 0.5) is 0 Å². The van der Waals surface area contributed by atoms with Crippen LogP contribution in [0, 0.1) is 5.41 Å². The third-order valence-electron chi connectivity index (χ3n) is 4.93. The molecule has 0 aromatic heterocycles. The van der Waals surface area contributed by atoms with Crippen LogP contribution in [0.3, 0.4) is 0 Å². The molecule has 2 heteroatoms. The van der Waals surface area contributed by atoms with Crippen LogP contribution in [0.15, 0.2) is 0 Å². The van der Waals surface area contributed by atoms with Crippen molar-refractivity contribution in [3.8, 4) is 0 Å². The lowest BCUT2D eigenvalue weighted by Crippen LogP contribution is -2.52. The number of nitrogens with zero attached hydrogens (tertiary/aromatic N) is 1. The summed E-state index contributed by atoms with van der Waals surface area (Å²) < 4.78 is 0. The average Bonchev–Trinajstić information content (AvgIpc) is 2.42. The molecular formula is C14H28N2. The monoisotopic (exact) mass is 224 g/mol. The van der Waals surface area contributed by atoms with E-state index in [1.54, 1.807) is 0 Å². The first-order chi connectivity index (χ1) is 7.52. The average molecular weight is 224 g/mol. The molecule has 0 radical (unpaired) electrons. The summed E-state index contributed by atoms with van der Waals surface area (Å²) in [7, 11) is 0. The lowest BCUT2D eigenvalue weighted by atomic mass is 9.87. The first-order valence-electron chi connectivity index (χ1n) is 7.04. The van der Waals surface area contributed by atoms with Crippen molar-refractivity contribution < 1.29 is 0 Å². The Morgan fingerprint density at radius 3 is 2.50 bits per heavy atom. The summed E-state index contributed by atoms with van der Waals surface area (Å²) in [5.74, 6) is 0. The minimum Gasteiger partial charge on any atom is -0.326 e. The quantitative estimate of drug-likeness (QED) is 0.742. The van der Waals surface area contributed by atoms with Crippen molar-refractivity contribution in [3.05, 3.63) is 0 Å². The largest absolute Gasteiger partial charge is 0.326 e. The maximum absolute atomic E-state index is 6.46. The van der Waals surface area contributed by atoms with Gasteiger partial charge in [0.05, 0.1) is 0 Å². The maximum atomic E-state index is 6.46. The van der Waals surface area contributed by atoms with E-state index in [0.717, 1.165) is 6.04 Å². The highest BCUT2D eigenvalue weighted by Gasteiger charge is 2.43. The van der Waals surface area contributed by atoms with E-state index in [9.17, 15) is 0 Å². The van der Waals surface area contributed by atoms with Crippen LogP contribution in [-0.2, 0) is 0 Å². The summed E-state index contributed by atoms with van der Waals surface area (Å²) in [6, 6.07) is 1.75. The molecule has 2 N–H and O–H groups in total. The van der Waals surface area contributed by atoms with E-state index < -0.39 is 0 Å². The van der Waals surface area contributed by atoms with Crippen molar-refractivity contribution in [2.45, 2.75) is 77.4 Å². The van der Waals surface area contributed by atoms with Gasteiger partial charge in [0.2, 0.25) is 0 Å². The lowest BCUT2D eigenvalue weighted by Gasteiger charge is -2.38. The molecule has 0 aromatic rings. The van der Waals surface area contributed by atoms with E-state index in [2.05, 4.69) is 25.7 Å². The summed E-state index contributed by atoms with van der Waals surface area (Å²) in [5, 5.41) is 0. The summed E-state index contributed by atoms with van der Waals surface area (Å²) >= 11 is 0. The lowest BCUT2D eigenvalue weighted by molar-refractivity contribution is 0.124. The maximum Gasteiger partial charge on any atom is 0.0255 e. The molecule has 0 spiro atoms. The Labute approximate surface area is 101 Å². The number of rotatable bonds is 1. The molecule has 2 fully saturated rings. The van der Waals surface area contributed by atoms with E-state index in [4.69, 9.17) is 5.73 Å². The molecule has 2 nitrogen and oxygen atoms in total. The van der Waals surface area contributed by atoms with Crippen LogP contribution < -0.4 is 5.73 Å². The third-order valence-corrected chi connectivity index (χ3v) is 4.93. The molecule has 1 aliphatic heterocycles. The van der Waals surface area contributed by atoms with Gasteiger partial charge in [-0.25, -0.2) is 0 Å².